The van der Waals surface area contributed by atoms with Gasteiger partial charge in [-0.2, -0.15) is 0 Å². The van der Waals surface area contributed by atoms with Crippen molar-refractivity contribution in [3.63, 3.8) is 0 Å². The molecule has 0 saturated heterocycles. The molecule has 0 radical (unpaired) electrons. The van der Waals surface area contributed by atoms with Gasteiger partial charge in [-0.1, -0.05) is 46.5 Å². The first-order valence-corrected chi connectivity index (χ1v) is 11.7. The van der Waals surface area contributed by atoms with Crippen molar-refractivity contribution in [2.45, 2.75) is 84.6 Å². The molecule has 0 aliphatic heterocycles. The average molecular weight is 353 g/mol. The highest BCUT2D eigenvalue weighted by atomic mass is 35.5. The Morgan fingerprint density at radius 3 is 1.45 bits per heavy atom. The predicted octanol–water partition coefficient (Wildman–Crippen LogP) is 5.78. The lowest BCUT2D eigenvalue weighted by Gasteiger charge is -2.29. The van der Waals surface area contributed by atoms with Crippen LogP contribution in [0.15, 0.2) is 0 Å². The Labute approximate surface area is 144 Å². The van der Waals surface area contributed by atoms with Gasteiger partial charge in [0, 0.05) is 31.7 Å². The predicted molar refractivity (Wildman–Crippen MR) is 97.7 cm³/mol. The van der Waals surface area contributed by atoms with Crippen molar-refractivity contribution in [3.05, 3.63) is 0 Å². The molecule has 0 aliphatic rings. The fourth-order valence-corrected chi connectivity index (χ4v) is 5.36. The van der Waals surface area contributed by atoms with E-state index < -0.39 is 8.80 Å². The van der Waals surface area contributed by atoms with Gasteiger partial charge in [0.15, 0.2) is 0 Å². The smallest absolute Gasteiger partial charge is 0.373 e. The largest absolute Gasteiger partial charge is 0.500 e. The minimum atomic E-state index is -2.45. The lowest BCUT2D eigenvalue weighted by Crippen LogP contribution is -2.46. The van der Waals surface area contributed by atoms with Gasteiger partial charge in [-0.25, -0.2) is 0 Å². The van der Waals surface area contributed by atoms with Crippen LogP contribution in [0.3, 0.4) is 0 Å². The first kappa shape index (κ1) is 22.4. The summed E-state index contributed by atoms with van der Waals surface area (Å²) >= 11 is 5.70. The minimum Gasteiger partial charge on any atom is -0.373 e. The summed E-state index contributed by atoms with van der Waals surface area (Å²) in [6.45, 7) is 8.64. The number of halogens is 1. The van der Waals surface area contributed by atoms with Crippen LogP contribution in [0.1, 0.15) is 78.6 Å². The van der Waals surface area contributed by atoms with E-state index in [-0.39, 0.29) is 0 Å². The molecule has 0 aliphatic carbocycles. The molecule has 0 atom stereocenters. The van der Waals surface area contributed by atoms with Gasteiger partial charge < -0.3 is 13.3 Å². The van der Waals surface area contributed by atoms with E-state index in [1.807, 2.05) is 0 Å². The van der Waals surface area contributed by atoms with Crippen LogP contribution in [0, 0.1) is 0 Å². The molecule has 0 N–H and O–H groups in total. The van der Waals surface area contributed by atoms with E-state index in [9.17, 15) is 0 Å². The third-order valence-electron chi connectivity index (χ3n) is 3.44. The van der Waals surface area contributed by atoms with E-state index in [0.717, 1.165) is 63.8 Å². The zero-order valence-corrected chi connectivity index (χ0v) is 16.8. The molecule has 0 spiro atoms. The van der Waals surface area contributed by atoms with E-state index in [1.54, 1.807) is 0 Å². The van der Waals surface area contributed by atoms with Crippen LogP contribution in [-0.2, 0) is 13.3 Å². The number of hydrogen-bond donors (Lipinski definition) is 0. The molecule has 0 bridgehead atoms. The Bertz CT molecular complexity index is 208. The molecule has 0 aromatic carbocycles. The van der Waals surface area contributed by atoms with Crippen LogP contribution in [0.5, 0.6) is 0 Å². The average Bonchev–Trinajstić information content (AvgIpc) is 2.55. The molecule has 134 valence electrons. The van der Waals surface area contributed by atoms with Crippen molar-refractivity contribution in [3.8, 4) is 0 Å². The van der Waals surface area contributed by atoms with Crippen LogP contribution in [0.25, 0.3) is 0 Å². The van der Waals surface area contributed by atoms with E-state index in [0.29, 0.717) is 0 Å². The SMILES string of the molecule is CCCO[Si](CCCCCCCCCl)(OCCC)OCCC. The lowest BCUT2D eigenvalue weighted by atomic mass is 10.1. The molecule has 0 unspecified atom stereocenters. The second kappa shape index (κ2) is 16.3. The summed E-state index contributed by atoms with van der Waals surface area (Å²) in [5.41, 5.74) is 0. The van der Waals surface area contributed by atoms with E-state index in [2.05, 4.69) is 20.8 Å². The van der Waals surface area contributed by atoms with Crippen LogP contribution in [0.2, 0.25) is 6.04 Å². The second-order valence-corrected chi connectivity index (χ2v) is 8.90. The van der Waals surface area contributed by atoms with Crippen molar-refractivity contribution in [1.29, 1.82) is 0 Å². The number of unbranched alkanes of at least 4 members (excludes halogenated alkanes) is 5. The van der Waals surface area contributed by atoms with Gasteiger partial charge in [-0.15, -0.1) is 11.6 Å². The molecule has 0 amide bonds. The molecular formula is C17H37ClO3Si. The highest BCUT2D eigenvalue weighted by Gasteiger charge is 2.40. The lowest BCUT2D eigenvalue weighted by molar-refractivity contribution is 0.0586. The van der Waals surface area contributed by atoms with Crippen molar-refractivity contribution < 1.29 is 13.3 Å². The molecular weight excluding hydrogens is 316 g/mol. The minimum absolute atomic E-state index is 0.745. The fraction of sp³-hybridized carbons (Fsp3) is 1.00. The molecule has 5 heteroatoms. The van der Waals surface area contributed by atoms with Crippen LogP contribution < -0.4 is 0 Å². The molecule has 0 heterocycles. The zero-order valence-electron chi connectivity index (χ0n) is 15.0. The Morgan fingerprint density at radius 2 is 1.05 bits per heavy atom. The van der Waals surface area contributed by atoms with Gasteiger partial charge in [-0.05, 0) is 32.1 Å². The van der Waals surface area contributed by atoms with Crippen LogP contribution in [-0.4, -0.2) is 34.5 Å². The quantitative estimate of drug-likeness (QED) is 0.188. The number of hydrogen-bond acceptors (Lipinski definition) is 3. The van der Waals surface area contributed by atoms with Crippen molar-refractivity contribution >= 4 is 20.4 Å². The summed E-state index contributed by atoms with van der Waals surface area (Å²) in [6, 6.07) is 0.961. The first-order valence-electron chi connectivity index (χ1n) is 9.22. The van der Waals surface area contributed by atoms with Crippen molar-refractivity contribution in [2.24, 2.45) is 0 Å². The Balaban J connectivity index is 4.21. The molecule has 22 heavy (non-hydrogen) atoms. The van der Waals surface area contributed by atoms with E-state index in [1.165, 1.54) is 25.7 Å². The van der Waals surface area contributed by atoms with Crippen molar-refractivity contribution in [2.75, 3.05) is 25.7 Å². The monoisotopic (exact) mass is 352 g/mol. The zero-order chi connectivity index (χ0) is 16.5. The summed E-state index contributed by atoms with van der Waals surface area (Å²) < 4.78 is 18.3. The van der Waals surface area contributed by atoms with Crippen LogP contribution in [0.4, 0.5) is 0 Å². The van der Waals surface area contributed by atoms with Crippen molar-refractivity contribution in [1.82, 2.24) is 0 Å². The molecule has 0 saturated carbocycles. The molecule has 0 aromatic heterocycles. The van der Waals surface area contributed by atoms with Gasteiger partial charge in [0.1, 0.15) is 0 Å². The van der Waals surface area contributed by atoms with Crippen LogP contribution >= 0.6 is 11.6 Å². The van der Waals surface area contributed by atoms with E-state index >= 15 is 0 Å². The van der Waals surface area contributed by atoms with E-state index in [4.69, 9.17) is 24.9 Å². The molecule has 0 rings (SSSR count). The molecule has 0 fully saturated rings. The maximum Gasteiger partial charge on any atom is 0.500 e. The third-order valence-corrected chi connectivity index (χ3v) is 6.61. The normalized spacial score (nSPS) is 12.0. The highest BCUT2D eigenvalue weighted by molar-refractivity contribution is 6.60. The number of alkyl halides is 1. The summed E-state index contributed by atoms with van der Waals surface area (Å²) in [5.74, 6) is 0.788. The topological polar surface area (TPSA) is 27.7 Å². The Morgan fingerprint density at radius 1 is 0.636 bits per heavy atom. The van der Waals surface area contributed by atoms with Gasteiger partial charge in [0.25, 0.3) is 0 Å². The van der Waals surface area contributed by atoms with Gasteiger partial charge in [0.2, 0.25) is 0 Å². The van der Waals surface area contributed by atoms with Gasteiger partial charge in [0.05, 0.1) is 0 Å². The highest BCUT2D eigenvalue weighted by Crippen LogP contribution is 2.21. The fourth-order valence-electron chi connectivity index (χ4n) is 2.26. The third kappa shape index (κ3) is 11.9. The second-order valence-electron chi connectivity index (χ2n) is 5.79. The Kier molecular flexibility index (Phi) is 16.5. The standard InChI is InChI=1S/C17H37ClO3Si/c1-4-14-19-22(20-15-5-2,21-16-6-3)17-12-10-8-7-9-11-13-18/h4-17H2,1-3H3. The Hall–Kier alpha value is 0.387. The maximum atomic E-state index is 6.11. The molecule has 3 nitrogen and oxygen atoms in total. The summed E-state index contributed by atoms with van der Waals surface area (Å²) in [4.78, 5) is 0. The molecule has 0 aromatic rings. The summed E-state index contributed by atoms with van der Waals surface area (Å²) in [7, 11) is -2.45. The van der Waals surface area contributed by atoms with Gasteiger partial charge in [-0.3, -0.25) is 0 Å². The summed E-state index contributed by atoms with van der Waals surface area (Å²) in [5, 5.41) is 0. The first-order chi connectivity index (χ1) is 10.7. The number of rotatable bonds is 17. The maximum absolute atomic E-state index is 6.11. The summed E-state index contributed by atoms with van der Waals surface area (Å²) in [6.07, 6.45) is 10.4. The van der Waals surface area contributed by atoms with Gasteiger partial charge >= 0.3 is 8.80 Å².